The highest BCUT2D eigenvalue weighted by atomic mass is 28.3. The van der Waals surface area contributed by atoms with Gasteiger partial charge in [-0.15, -0.1) is 6.58 Å². The first-order chi connectivity index (χ1) is 39.4. The molecule has 0 aromatic heterocycles. The van der Waals surface area contributed by atoms with Crippen LogP contribution in [0.25, 0.3) is 11.6 Å². The second-order valence-electron chi connectivity index (χ2n) is 23.4. The van der Waals surface area contributed by atoms with Gasteiger partial charge in [-0.1, -0.05) is 220 Å². The van der Waals surface area contributed by atoms with Gasteiger partial charge in [-0.2, -0.15) is 0 Å². The number of para-hydroxylation sites is 1. The summed E-state index contributed by atoms with van der Waals surface area (Å²) in [4.78, 5) is 5.25. The Balaban J connectivity index is 0.848. The summed E-state index contributed by atoms with van der Waals surface area (Å²) in [6.45, 7) is 10.5. The van der Waals surface area contributed by atoms with Gasteiger partial charge < -0.3 is 14.5 Å². The summed E-state index contributed by atoms with van der Waals surface area (Å²) in [5.74, 6) is 2.69. The number of allylic oxidation sites excluding steroid dienone is 21. The Morgan fingerprint density at radius 2 is 1.44 bits per heavy atom. The van der Waals surface area contributed by atoms with E-state index < -0.39 is 8.80 Å². The summed E-state index contributed by atoms with van der Waals surface area (Å²) < 4.78 is 6.46. The van der Waals surface area contributed by atoms with Crippen LogP contribution < -0.4 is 9.80 Å². The monoisotopic (exact) mass is 1060 g/mol. The van der Waals surface area contributed by atoms with E-state index in [1.54, 1.807) is 0 Å². The molecule has 8 aliphatic rings. The molecule has 1 aliphatic heterocycles. The topological polar surface area (TPSA) is 15.7 Å². The maximum Gasteiger partial charge on any atom is 0.114 e. The van der Waals surface area contributed by atoms with Crippen LogP contribution in [-0.4, -0.2) is 21.1 Å². The predicted molar refractivity (Wildman–Crippen MR) is 340 cm³/mol. The van der Waals surface area contributed by atoms with Crippen molar-refractivity contribution in [1.82, 2.24) is 0 Å². The lowest BCUT2D eigenvalue weighted by atomic mass is 9.64. The largest absolute Gasteiger partial charge is 0.498 e. The lowest BCUT2D eigenvalue weighted by Gasteiger charge is -2.39. The average molecular weight is 1060 g/mol. The summed E-state index contributed by atoms with van der Waals surface area (Å²) in [5, 5.41) is 0. The second-order valence-corrected chi connectivity index (χ2v) is 26.5. The van der Waals surface area contributed by atoms with Gasteiger partial charge in [0.2, 0.25) is 0 Å². The normalized spacial score (nSPS) is 25.4. The molecule has 0 N–H and O–H groups in total. The SMILES string of the molecule is C=Cc1ccc(C2C=C3C(=CC2)N(c2ccccc2)[C@H]2C=CC(C4=CC=C(N(C5=CC=C(c6ccccc6)CC5)c5ccc6c(c5)C(CCC[SiH](C)COC5=CCC(C=C)C=C5)(c5ccccc5)C5C=CC=CC65)CC4)=CC32)cc1. The number of nitrogens with zero attached hydrogens (tertiary/aromatic N) is 2. The molecule has 8 atom stereocenters. The molecule has 0 saturated carbocycles. The standard InChI is InChI=1S/C76H74N2OSi/c1-4-54-26-30-58(31-27-54)60-36-46-74-70(50-60)71-51-61(37-47-75(71)78(74)63-22-13-8-14-23-63)59-34-40-65(41-35-59)77(64-38-32-57(33-39-64)56-18-9-6-10-19-56)66-42-45-69-68-24-15-16-25-72(68)76(73(69)52-66,62-20-11-7-12-21-62)48-17-49-80(3)53-79-67-43-28-55(5-2)29-44-67/h4-16,18-28,30-32,34,37-38,40,42-47,50-52,55,60,68,71-72,75,80H,1-2,17,29,33,35-36,39,41,48-49,53H2,3H3/t55?,60?,68?,71?,72?,75-,76?,80?/m0/s1. The minimum atomic E-state index is -1.16. The van der Waals surface area contributed by atoms with Crippen LogP contribution in [0.1, 0.15) is 96.6 Å². The van der Waals surface area contributed by atoms with E-state index in [1.165, 1.54) is 91.0 Å². The second kappa shape index (κ2) is 22.7. The number of ether oxygens (including phenoxy) is 1. The van der Waals surface area contributed by atoms with E-state index in [0.29, 0.717) is 23.7 Å². The van der Waals surface area contributed by atoms with E-state index in [0.717, 1.165) is 62.5 Å². The van der Waals surface area contributed by atoms with E-state index in [2.05, 4.69) is 260 Å². The number of hydrogen-bond donors (Lipinski definition) is 0. The van der Waals surface area contributed by atoms with Gasteiger partial charge in [-0.3, -0.25) is 0 Å². The highest BCUT2D eigenvalue weighted by molar-refractivity contribution is 6.57. The van der Waals surface area contributed by atoms with Crippen molar-refractivity contribution in [2.75, 3.05) is 16.0 Å². The Labute approximate surface area is 477 Å². The lowest BCUT2D eigenvalue weighted by molar-refractivity contribution is 0.273. The van der Waals surface area contributed by atoms with Crippen molar-refractivity contribution in [2.24, 2.45) is 17.8 Å². The van der Waals surface area contributed by atoms with Crippen LogP contribution in [0.15, 0.2) is 289 Å². The molecule has 5 aromatic rings. The smallest absolute Gasteiger partial charge is 0.114 e. The summed E-state index contributed by atoms with van der Waals surface area (Å²) in [6, 6.07) is 51.6. The lowest BCUT2D eigenvalue weighted by Crippen LogP contribution is -2.34. The third-order valence-electron chi connectivity index (χ3n) is 18.7. The molecule has 1 saturated heterocycles. The molecule has 4 heteroatoms. The molecule has 13 rings (SSSR count). The molecular formula is C76H74N2OSi. The van der Waals surface area contributed by atoms with Gasteiger partial charge in [0.1, 0.15) is 5.76 Å². The summed E-state index contributed by atoms with van der Waals surface area (Å²) in [6.07, 6.45) is 51.5. The van der Waals surface area contributed by atoms with Gasteiger partial charge in [0.15, 0.2) is 0 Å². The molecular weight excluding hydrogens is 985 g/mol. The molecule has 0 bridgehead atoms. The molecule has 7 aliphatic carbocycles. The molecule has 0 amide bonds. The Hall–Kier alpha value is -7.92. The van der Waals surface area contributed by atoms with Gasteiger partial charge in [0.05, 0.1) is 21.1 Å². The number of benzene rings is 5. The zero-order valence-electron chi connectivity index (χ0n) is 46.4. The average Bonchev–Trinajstić information content (AvgIpc) is 4.10. The van der Waals surface area contributed by atoms with E-state index in [-0.39, 0.29) is 17.4 Å². The maximum atomic E-state index is 6.46. The molecule has 0 spiro atoms. The fourth-order valence-electron chi connectivity index (χ4n) is 14.5. The fourth-order valence-corrected chi connectivity index (χ4v) is 16.0. The van der Waals surface area contributed by atoms with Crippen molar-refractivity contribution in [1.29, 1.82) is 0 Å². The van der Waals surface area contributed by atoms with Crippen LogP contribution in [0.3, 0.4) is 0 Å². The van der Waals surface area contributed by atoms with Gasteiger partial charge in [0, 0.05) is 57.6 Å². The number of fused-ring (bicyclic) bond motifs is 6. The highest BCUT2D eigenvalue weighted by Gasteiger charge is 2.52. The molecule has 1 fully saturated rings. The first-order valence-electron chi connectivity index (χ1n) is 29.7. The van der Waals surface area contributed by atoms with Crippen LogP contribution in [0.4, 0.5) is 11.4 Å². The van der Waals surface area contributed by atoms with Gasteiger partial charge in [0.25, 0.3) is 0 Å². The van der Waals surface area contributed by atoms with Crippen molar-refractivity contribution in [3.05, 3.63) is 323 Å². The van der Waals surface area contributed by atoms with Gasteiger partial charge in [-0.25, -0.2) is 0 Å². The van der Waals surface area contributed by atoms with Crippen LogP contribution in [0.5, 0.6) is 0 Å². The van der Waals surface area contributed by atoms with Crippen molar-refractivity contribution in [3.63, 3.8) is 0 Å². The van der Waals surface area contributed by atoms with E-state index in [1.807, 2.05) is 12.2 Å². The quantitative estimate of drug-likeness (QED) is 0.0682. The van der Waals surface area contributed by atoms with Crippen molar-refractivity contribution in [3.8, 4) is 0 Å². The van der Waals surface area contributed by atoms with E-state index in [4.69, 9.17) is 4.74 Å². The molecule has 0 radical (unpaired) electrons. The molecule has 398 valence electrons. The van der Waals surface area contributed by atoms with Gasteiger partial charge in [-0.05, 0) is 155 Å². The molecule has 5 aromatic carbocycles. The van der Waals surface area contributed by atoms with Gasteiger partial charge >= 0.3 is 0 Å². The number of anilines is 2. The van der Waals surface area contributed by atoms with E-state index >= 15 is 0 Å². The Kier molecular flexibility index (Phi) is 14.6. The molecule has 80 heavy (non-hydrogen) atoms. The van der Waals surface area contributed by atoms with Crippen LogP contribution in [0, 0.1) is 17.8 Å². The third kappa shape index (κ3) is 9.87. The van der Waals surface area contributed by atoms with Crippen LogP contribution >= 0.6 is 0 Å². The van der Waals surface area contributed by atoms with Crippen molar-refractivity contribution >= 4 is 31.8 Å². The zero-order valence-corrected chi connectivity index (χ0v) is 47.6. The summed E-state index contributed by atoms with van der Waals surface area (Å²) in [7, 11) is -1.16. The fraction of sp³-hybridized carbons (Fsp3) is 0.237. The first-order valence-corrected chi connectivity index (χ1v) is 32.5. The number of rotatable bonds is 17. The Bertz CT molecular complexity index is 3560. The van der Waals surface area contributed by atoms with E-state index in [9.17, 15) is 0 Å². The van der Waals surface area contributed by atoms with Crippen LogP contribution in [-0.2, 0) is 10.2 Å². The molecule has 7 unspecified atom stereocenters. The summed E-state index contributed by atoms with van der Waals surface area (Å²) >= 11 is 0. The molecule has 1 heterocycles. The van der Waals surface area contributed by atoms with Crippen LogP contribution in [0.2, 0.25) is 12.6 Å². The maximum absolute atomic E-state index is 6.46. The summed E-state index contributed by atoms with van der Waals surface area (Å²) in [5.41, 5.74) is 20.3. The highest BCUT2D eigenvalue weighted by Crippen LogP contribution is 2.60. The minimum absolute atomic E-state index is 0.171. The number of hydrogen-bond acceptors (Lipinski definition) is 3. The van der Waals surface area contributed by atoms with Crippen molar-refractivity contribution < 1.29 is 4.74 Å². The van der Waals surface area contributed by atoms with Crippen molar-refractivity contribution in [2.45, 2.75) is 87.3 Å². The first kappa shape index (κ1) is 51.5. The molecule has 3 nitrogen and oxygen atoms in total. The minimum Gasteiger partial charge on any atom is -0.498 e. The predicted octanol–water partition coefficient (Wildman–Crippen LogP) is 18.5. The third-order valence-corrected chi connectivity index (χ3v) is 20.8. The Morgan fingerprint density at radius 1 is 0.700 bits per heavy atom. The zero-order chi connectivity index (χ0) is 54.0. The Morgan fingerprint density at radius 3 is 2.15 bits per heavy atom.